The third kappa shape index (κ3) is 3.92. The van der Waals surface area contributed by atoms with Crippen molar-refractivity contribution in [2.75, 3.05) is 39.4 Å². The van der Waals surface area contributed by atoms with E-state index >= 15 is 0 Å². The summed E-state index contributed by atoms with van der Waals surface area (Å²) in [4.78, 5) is 34.3. The van der Waals surface area contributed by atoms with Crippen LogP contribution in [0.5, 0.6) is 0 Å². The molecule has 2 saturated heterocycles. The summed E-state index contributed by atoms with van der Waals surface area (Å²) in [5.41, 5.74) is 4.17. The number of likely N-dealkylation sites (tertiary alicyclic amines) is 1. The molecule has 32 heavy (non-hydrogen) atoms. The molecule has 1 aromatic heterocycles. The zero-order chi connectivity index (χ0) is 22.1. The third-order valence-electron chi connectivity index (χ3n) is 7.51. The number of fused-ring (bicyclic) bond motifs is 2. The van der Waals surface area contributed by atoms with E-state index in [1.165, 1.54) is 11.1 Å². The van der Waals surface area contributed by atoms with Crippen LogP contribution in [0.4, 0.5) is 0 Å². The Kier molecular flexibility index (Phi) is 5.72. The van der Waals surface area contributed by atoms with E-state index < -0.39 is 0 Å². The van der Waals surface area contributed by atoms with Crippen molar-refractivity contribution >= 4 is 11.8 Å². The molecule has 0 bridgehead atoms. The molecular formula is C26H31N3O3. The molecular weight excluding hydrogens is 402 g/mol. The van der Waals surface area contributed by atoms with Gasteiger partial charge in [-0.2, -0.15) is 0 Å². The first-order valence-corrected chi connectivity index (χ1v) is 11.7. The van der Waals surface area contributed by atoms with Gasteiger partial charge < -0.3 is 14.5 Å². The summed E-state index contributed by atoms with van der Waals surface area (Å²) in [7, 11) is 0. The monoisotopic (exact) mass is 433 g/mol. The minimum Gasteiger partial charge on any atom is -0.378 e. The lowest BCUT2D eigenvalue weighted by Gasteiger charge is -2.40. The maximum atomic E-state index is 13.0. The Hall–Kier alpha value is -2.73. The largest absolute Gasteiger partial charge is 0.378 e. The lowest BCUT2D eigenvalue weighted by atomic mass is 9.73. The summed E-state index contributed by atoms with van der Waals surface area (Å²) in [5, 5.41) is 0. The Balaban J connectivity index is 1.30. The number of aromatic nitrogens is 1. The molecule has 0 N–H and O–H groups in total. The molecule has 1 aliphatic carbocycles. The van der Waals surface area contributed by atoms with E-state index in [9.17, 15) is 9.59 Å². The van der Waals surface area contributed by atoms with Crippen molar-refractivity contribution in [3.05, 3.63) is 65.0 Å². The highest BCUT2D eigenvalue weighted by atomic mass is 16.5. The summed E-state index contributed by atoms with van der Waals surface area (Å²) in [6.45, 7) is 6.04. The molecule has 3 heterocycles. The van der Waals surface area contributed by atoms with Gasteiger partial charge in [0.25, 0.3) is 5.91 Å². The number of benzene rings is 1. The van der Waals surface area contributed by atoms with Gasteiger partial charge >= 0.3 is 0 Å². The molecule has 1 aromatic carbocycles. The number of pyridine rings is 1. The Bertz CT molecular complexity index is 1010. The van der Waals surface area contributed by atoms with E-state index in [0.717, 1.165) is 38.0 Å². The number of carbonyl (C=O) groups is 2. The van der Waals surface area contributed by atoms with Gasteiger partial charge in [-0.3, -0.25) is 9.59 Å². The van der Waals surface area contributed by atoms with E-state index in [1.807, 2.05) is 28.9 Å². The molecule has 6 nitrogen and oxygen atoms in total. The fourth-order valence-corrected chi connectivity index (χ4v) is 5.80. The van der Waals surface area contributed by atoms with Gasteiger partial charge in [-0.1, -0.05) is 30.3 Å². The zero-order valence-electron chi connectivity index (χ0n) is 18.8. The third-order valence-corrected chi connectivity index (χ3v) is 7.51. The van der Waals surface area contributed by atoms with Crippen LogP contribution in [0.15, 0.2) is 42.5 Å². The molecule has 2 amide bonds. The Morgan fingerprint density at radius 3 is 2.50 bits per heavy atom. The van der Waals surface area contributed by atoms with E-state index in [0.29, 0.717) is 38.4 Å². The van der Waals surface area contributed by atoms with Crippen LogP contribution in [0, 0.1) is 6.92 Å². The highest BCUT2D eigenvalue weighted by Gasteiger charge is 2.46. The highest BCUT2D eigenvalue weighted by Crippen LogP contribution is 2.52. The van der Waals surface area contributed by atoms with Crippen LogP contribution in [0.1, 0.15) is 58.9 Å². The Morgan fingerprint density at radius 1 is 1.00 bits per heavy atom. The Labute approximate surface area is 189 Å². The molecule has 3 aliphatic rings. The normalized spacial score (nSPS) is 22.1. The minimum absolute atomic E-state index is 0.0221. The van der Waals surface area contributed by atoms with Crippen molar-refractivity contribution in [1.82, 2.24) is 14.8 Å². The predicted molar refractivity (Wildman–Crippen MR) is 122 cm³/mol. The second kappa shape index (κ2) is 8.66. The zero-order valence-corrected chi connectivity index (χ0v) is 18.8. The van der Waals surface area contributed by atoms with E-state index in [-0.39, 0.29) is 23.1 Å². The van der Waals surface area contributed by atoms with Crippen molar-refractivity contribution in [2.45, 2.75) is 43.9 Å². The molecule has 2 aliphatic heterocycles. The molecule has 0 saturated carbocycles. The van der Waals surface area contributed by atoms with E-state index in [2.05, 4.69) is 29.2 Å². The standard InChI is InChI=1S/C26H31N3O3/c1-19-5-4-8-23(27-19)25(31)29-11-9-26(10-12-29)18-20(21-6-2-3-7-22(21)26)17-24(30)28-13-15-32-16-14-28/h2-8,20H,9-18H2,1H3/t20-/m0/s1. The lowest BCUT2D eigenvalue weighted by Crippen LogP contribution is -2.44. The Morgan fingerprint density at radius 2 is 1.75 bits per heavy atom. The van der Waals surface area contributed by atoms with Crippen LogP contribution >= 0.6 is 0 Å². The summed E-state index contributed by atoms with van der Waals surface area (Å²) in [6, 6.07) is 14.3. The SMILES string of the molecule is Cc1cccc(C(=O)N2CCC3(CC2)C[C@H](CC(=O)N2CCOCC2)c2ccccc23)n1. The maximum Gasteiger partial charge on any atom is 0.272 e. The van der Waals surface area contributed by atoms with Crippen LogP contribution in [0.2, 0.25) is 0 Å². The fraction of sp³-hybridized carbons (Fsp3) is 0.500. The molecule has 1 atom stereocenters. The van der Waals surface area contributed by atoms with Crippen LogP contribution in [-0.4, -0.2) is 66.0 Å². The maximum absolute atomic E-state index is 13.0. The molecule has 2 fully saturated rings. The first kappa shape index (κ1) is 21.1. The molecule has 5 rings (SSSR count). The van der Waals surface area contributed by atoms with Gasteiger partial charge in [0.2, 0.25) is 5.91 Å². The van der Waals surface area contributed by atoms with Gasteiger partial charge in [0.15, 0.2) is 0 Å². The van der Waals surface area contributed by atoms with Crippen molar-refractivity contribution in [1.29, 1.82) is 0 Å². The van der Waals surface area contributed by atoms with Gasteiger partial charge in [-0.05, 0) is 60.8 Å². The summed E-state index contributed by atoms with van der Waals surface area (Å²) in [5.74, 6) is 0.513. The van der Waals surface area contributed by atoms with Crippen LogP contribution in [0.25, 0.3) is 0 Å². The number of hydrogen-bond acceptors (Lipinski definition) is 4. The van der Waals surface area contributed by atoms with E-state index in [1.54, 1.807) is 6.07 Å². The van der Waals surface area contributed by atoms with Gasteiger partial charge in [0, 0.05) is 38.3 Å². The van der Waals surface area contributed by atoms with Crippen molar-refractivity contribution in [2.24, 2.45) is 0 Å². The predicted octanol–water partition coefficient (Wildman–Crippen LogP) is 3.30. The summed E-state index contributed by atoms with van der Waals surface area (Å²) in [6.07, 6.45) is 3.43. The number of amides is 2. The van der Waals surface area contributed by atoms with Gasteiger partial charge in [0.1, 0.15) is 5.69 Å². The smallest absolute Gasteiger partial charge is 0.272 e. The minimum atomic E-state index is 0.0221. The molecule has 0 unspecified atom stereocenters. The molecule has 6 heteroatoms. The highest BCUT2D eigenvalue weighted by molar-refractivity contribution is 5.92. The second-order valence-corrected chi connectivity index (χ2v) is 9.42. The molecule has 168 valence electrons. The first-order chi connectivity index (χ1) is 15.6. The van der Waals surface area contributed by atoms with Gasteiger partial charge in [0.05, 0.1) is 13.2 Å². The summed E-state index contributed by atoms with van der Waals surface area (Å²) >= 11 is 0. The van der Waals surface area contributed by atoms with Gasteiger partial charge in [-0.15, -0.1) is 0 Å². The number of morpholine rings is 1. The quantitative estimate of drug-likeness (QED) is 0.745. The van der Waals surface area contributed by atoms with Crippen LogP contribution in [0.3, 0.4) is 0 Å². The number of nitrogens with zero attached hydrogens (tertiary/aromatic N) is 3. The number of carbonyl (C=O) groups excluding carboxylic acids is 2. The van der Waals surface area contributed by atoms with Crippen molar-refractivity contribution < 1.29 is 14.3 Å². The number of ether oxygens (including phenoxy) is 1. The number of hydrogen-bond donors (Lipinski definition) is 0. The van der Waals surface area contributed by atoms with Crippen LogP contribution < -0.4 is 0 Å². The topological polar surface area (TPSA) is 62.7 Å². The van der Waals surface area contributed by atoms with Crippen LogP contribution in [-0.2, 0) is 14.9 Å². The average Bonchev–Trinajstić information content (AvgIpc) is 3.12. The lowest BCUT2D eigenvalue weighted by molar-refractivity contribution is -0.135. The first-order valence-electron chi connectivity index (χ1n) is 11.7. The number of aryl methyl sites for hydroxylation is 1. The number of rotatable bonds is 3. The molecule has 2 aromatic rings. The fourth-order valence-electron chi connectivity index (χ4n) is 5.80. The summed E-state index contributed by atoms with van der Waals surface area (Å²) < 4.78 is 5.40. The van der Waals surface area contributed by atoms with Crippen molar-refractivity contribution in [3.8, 4) is 0 Å². The molecule has 1 spiro atoms. The second-order valence-electron chi connectivity index (χ2n) is 9.42. The van der Waals surface area contributed by atoms with Crippen molar-refractivity contribution in [3.63, 3.8) is 0 Å². The number of piperidine rings is 1. The average molecular weight is 434 g/mol. The van der Waals surface area contributed by atoms with Gasteiger partial charge in [-0.25, -0.2) is 4.98 Å². The molecule has 0 radical (unpaired) electrons. The van der Waals surface area contributed by atoms with E-state index in [4.69, 9.17) is 4.74 Å².